The fourth-order valence-corrected chi connectivity index (χ4v) is 2.48. The molecular weight excluding hydrogens is 256 g/mol. The van der Waals surface area contributed by atoms with Gasteiger partial charge < -0.3 is 10.2 Å². The normalized spacial score (nSPS) is 16.6. The summed E-state index contributed by atoms with van der Waals surface area (Å²) in [5.74, 6) is 0. The molecular formula is C14H18N4O2. The number of piperidine rings is 1. The Morgan fingerprint density at radius 3 is 2.75 bits per heavy atom. The number of nitrogens with one attached hydrogen (secondary N) is 1. The minimum Gasteiger partial charge on any atom is -0.381 e. The van der Waals surface area contributed by atoms with Crippen LogP contribution in [0.2, 0.25) is 0 Å². The molecule has 0 unspecified atom stereocenters. The molecule has 0 aromatic heterocycles. The number of hydrogen-bond acceptors (Lipinski definition) is 5. The first kappa shape index (κ1) is 14.3. The third-order valence-corrected chi connectivity index (χ3v) is 3.73. The lowest BCUT2D eigenvalue weighted by molar-refractivity contribution is -0.384. The van der Waals surface area contributed by atoms with E-state index in [2.05, 4.69) is 17.1 Å². The molecule has 0 spiro atoms. The summed E-state index contributed by atoms with van der Waals surface area (Å²) < 4.78 is 0. The molecule has 1 aromatic carbocycles. The molecule has 0 radical (unpaired) electrons. The molecule has 20 heavy (non-hydrogen) atoms. The maximum atomic E-state index is 10.7. The molecule has 106 valence electrons. The molecule has 2 rings (SSSR count). The molecule has 0 saturated carbocycles. The van der Waals surface area contributed by atoms with Crippen molar-refractivity contribution in [1.82, 2.24) is 4.90 Å². The monoisotopic (exact) mass is 274 g/mol. The molecule has 6 nitrogen and oxygen atoms in total. The second-order valence-electron chi connectivity index (χ2n) is 4.95. The van der Waals surface area contributed by atoms with Gasteiger partial charge in [-0.2, -0.15) is 5.26 Å². The summed E-state index contributed by atoms with van der Waals surface area (Å²) in [6.07, 6.45) is 2.05. The zero-order chi connectivity index (χ0) is 14.5. The average molecular weight is 274 g/mol. The molecule has 0 bridgehead atoms. The molecule has 1 heterocycles. The van der Waals surface area contributed by atoms with Crippen LogP contribution in [0.15, 0.2) is 18.2 Å². The van der Waals surface area contributed by atoms with Crippen molar-refractivity contribution >= 4 is 11.4 Å². The Bertz CT molecular complexity index is 530. The van der Waals surface area contributed by atoms with Gasteiger partial charge >= 0.3 is 0 Å². The smallest absolute Gasteiger partial charge is 0.270 e. The van der Waals surface area contributed by atoms with Crippen LogP contribution in [0.3, 0.4) is 0 Å². The van der Waals surface area contributed by atoms with Crippen molar-refractivity contribution < 1.29 is 4.92 Å². The van der Waals surface area contributed by atoms with E-state index in [0.717, 1.165) is 32.5 Å². The third kappa shape index (κ3) is 3.25. The van der Waals surface area contributed by atoms with E-state index < -0.39 is 4.92 Å². The second-order valence-corrected chi connectivity index (χ2v) is 4.95. The molecule has 0 aliphatic carbocycles. The maximum Gasteiger partial charge on any atom is 0.270 e. The van der Waals surface area contributed by atoms with Gasteiger partial charge in [0.15, 0.2) is 0 Å². The fraction of sp³-hybridized carbons (Fsp3) is 0.500. The van der Waals surface area contributed by atoms with Gasteiger partial charge in [0.25, 0.3) is 5.69 Å². The van der Waals surface area contributed by atoms with Gasteiger partial charge in [0.2, 0.25) is 0 Å². The van der Waals surface area contributed by atoms with Crippen molar-refractivity contribution in [3.8, 4) is 6.07 Å². The van der Waals surface area contributed by atoms with Crippen LogP contribution < -0.4 is 5.32 Å². The number of nitro groups is 1. The Kier molecular flexibility index (Phi) is 4.53. The SMILES string of the molecule is CCN1CCC(Nc2ccc([N+](=O)[O-])cc2C#N)CC1. The van der Waals surface area contributed by atoms with Crippen molar-refractivity contribution in [3.63, 3.8) is 0 Å². The van der Waals surface area contributed by atoms with Gasteiger partial charge in [0, 0.05) is 31.3 Å². The van der Waals surface area contributed by atoms with Gasteiger partial charge in [-0.05, 0) is 25.5 Å². The lowest BCUT2D eigenvalue weighted by Gasteiger charge is -2.32. The van der Waals surface area contributed by atoms with E-state index in [1.165, 1.54) is 12.1 Å². The van der Waals surface area contributed by atoms with Gasteiger partial charge in [-0.15, -0.1) is 0 Å². The van der Waals surface area contributed by atoms with Crippen LogP contribution in [0.4, 0.5) is 11.4 Å². The predicted molar refractivity (Wildman–Crippen MR) is 76.6 cm³/mol. The summed E-state index contributed by atoms with van der Waals surface area (Å²) in [4.78, 5) is 12.6. The highest BCUT2D eigenvalue weighted by molar-refractivity contribution is 5.61. The minimum atomic E-state index is -0.482. The van der Waals surface area contributed by atoms with Gasteiger partial charge in [-0.3, -0.25) is 10.1 Å². The van der Waals surface area contributed by atoms with E-state index in [-0.39, 0.29) is 5.69 Å². The zero-order valence-electron chi connectivity index (χ0n) is 11.5. The Hall–Kier alpha value is -2.13. The summed E-state index contributed by atoms with van der Waals surface area (Å²) >= 11 is 0. The van der Waals surface area contributed by atoms with Crippen molar-refractivity contribution in [1.29, 1.82) is 5.26 Å². The molecule has 1 aromatic rings. The Labute approximate surface area is 118 Å². The standard InChI is InChI=1S/C14H18N4O2/c1-2-17-7-5-12(6-8-17)16-14-4-3-13(18(19)20)9-11(14)10-15/h3-4,9,12,16H,2,5-8H2,1H3. The Morgan fingerprint density at radius 2 is 2.20 bits per heavy atom. The van der Waals surface area contributed by atoms with Crippen LogP contribution in [0, 0.1) is 21.4 Å². The van der Waals surface area contributed by atoms with Gasteiger partial charge in [-0.1, -0.05) is 6.92 Å². The average Bonchev–Trinajstić information content (AvgIpc) is 2.48. The van der Waals surface area contributed by atoms with Crippen LogP contribution in [0.25, 0.3) is 0 Å². The number of anilines is 1. The van der Waals surface area contributed by atoms with E-state index in [1.807, 2.05) is 6.07 Å². The summed E-state index contributed by atoms with van der Waals surface area (Å²) in [6, 6.07) is 6.73. The Morgan fingerprint density at radius 1 is 1.50 bits per heavy atom. The topological polar surface area (TPSA) is 82.2 Å². The van der Waals surface area contributed by atoms with E-state index in [9.17, 15) is 10.1 Å². The largest absolute Gasteiger partial charge is 0.381 e. The van der Waals surface area contributed by atoms with E-state index in [1.54, 1.807) is 6.07 Å². The lowest BCUT2D eigenvalue weighted by atomic mass is 10.0. The van der Waals surface area contributed by atoms with Crippen LogP contribution in [-0.4, -0.2) is 35.5 Å². The highest BCUT2D eigenvalue weighted by Crippen LogP contribution is 2.24. The quantitative estimate of drug-likeness (QED) is 0.673. The van der Waals surface area contributed by atoms with Crippen molar-refractivity contribution in [2.75, 3.05) is 25.0 Å². The first-order valence-electron chi connectivity index (χ1n) is 6.81. The number of nitrogens with zero attached hydrogens (tertiary/aromatic N) is 3. The molecule has 6 heteroatoms. The molecule has 1 N–H and O–H groups in total. The van der Waals surface area contributed by atoms with Gasteiger partial charge in [0.1, 0.15) is 6.07 Å². The number of rotatable bonds is 4. The molecule has 1 saturated heterocycles. The van der Waals surface area contributed by atoms with Crippen molar-refractivity contribution in [2.24, 2.45) is 0 Å². The number of nitro benzene ring substituents is 1. The number of likely N-dealkylation sites (tertiary alicyclic amines) is 1. The second kappa shape index (κ2) is 6.35. The van der Waals surface area contributed by atoms with Crippen LogP contribution in [-0.2, 0) is 0 Å². The van der Waals surface area contributed by atoms with Crippen LogP contribution in [0.5, 0.6) is 0 Å². The van der Waals surface area contributed by atoms with E-state index in [4.69, 9.17) is 5.26 Å². The molecule has 1 aliphatic rings. The van der Waals surface area contributed by atoms with E-state index in [0.29, 0.717) is 17.3 Å². The zero-order valence-corrected chi connectivity index (χ0v) is 11.5. The molecule has 1 fully saturated rings. The third-order valence-electron chi connectivity index (χ3n) is 3.73. The summed E-state index contributed by atoms with van der Waals surface area (Å²) in [5.41, 5.74) is 0.970. The molecule has 1 aliphatic heterocycles. The predicted octanol–water partition coefficient (Wildman–Crippen LogP) is 2.36. The number of nitriles is 1. The first-order chi connectivity index (χ1) is 9.63. The highest BCUT2D eigenvalue weighted by Gasteiger charge is 2.19. The minimum absolute atomic E-state index is 0.0482. The number of benzene rings is 1. The van der Waals surface area contributed by atoms with Gasteiger partial charge in [-0.25, -0.2) is 0 Å². The van der Waals surface area contributed by atoms with Gasteiger partial charge in [0.05, 0.1) is 16.2 Å². The molecule has 0 amide bonds. The van der Waals surface area contributed by atoms with Crippen molar-refractivity contribution in [3.05, 3.63) is 33.9 Å². The molecule has 0 atom stereocenters. The Balaban J connectivity index is 2.06. The summed E-state index contributed by atoms with van der Waals surface area (Å²) in [6.45, 7) is 5.30. The summed E-state index contributed by atoms with van der Waals surface area (Å²) in [7, 11) is 0. The van der Waals surface area contributed by atoms with Crippen LogP contribution >= 0.6 is 0 Å². The number of non-ortho nitro benzene ring substituents is 1. The lowest BCUT2D eigenvalue weighted by Crippen LogP contribution is -2.38. The highest BCUT2D eigenvalue weighted by atomic mass is 16.6. The fourth-order valence-electron chi connectivity index (χ4n) is 2.48. The van der Waals surface area contributed by atoms with E-state index >= 15 is 0 Å². The maximum absolute atomic E-state index is 10.7. The first-order valence-corrected chi connectivity index (χ1v) is 6.81. The number of hydrogen-bond donors (Lipinski definition) is 1. The summed E-state index contributed by atoms with van der Waals surface area (Å²) in [5, 5.41) is 23.2. The van der Waals surface area contributed by atoms with Crippen molar-refractivity contribution in [2.45, 2.75) is 25.8 Å². The van der Waals surface area contributed by atoms with Crippen LogP contribution in [0.1, 0.15) is 25.3 Å².